The third kappa shape index (κ3) is 3.38. The Morgan fingerprint density at radius 1 is 1.14 bits per heavy atom. The Kier molecular flexibility index (Phi) is 4.88. The summed E-state index contributed by atoms with van der Waals surface area (Å²) in [6.07, 6.45) is -2.65. The first-order valence-corrected chi connectivity index (χ1v) is 11.4. The lowest BCUT2D eigenvalue weighted by molar-refractivity contribution is -0.137. The topological polar surface area (TPSA) is 110 Å². The number of alkyl halides is 3. The number of nitrogens with one attached hydrogen (secondary N) is 1. The molecule has 0 saturated carbocycles. The van der Waals surface area contributed by atoms with Crippen molar-refractivity contribution in [3.8, 4) is 6.07 Å². The van der Waals surface area contributed by atoms with E-state index in [9.17, 15) is 32.8 Å². The van der Waals surface area contributed by atoms with Crippen LogP contribution in [0.15, 0.2) is 54.7 Å². The smallest absolute Gasteiger partial charge is 0.317 e. The number of nitriles is 1. The molecule has 186 valence electrons. The van der Waals surface area contributed by atoms with Crippen molar-refractivity contribution >= 4 is 40.2 Å². The van der Waals surface area contributed by atoms with E-state index in [1.54, 1.807) is 12.1 Å². The van der Waals surface area contributed by atoms with Crippen LogP contribution in [-0.2, 0) is 11.0 Å². The van der Waals surface area contributed by atoms with Crippen LogP contribution in [0.3, 0.4) is 0 Å². The summed E-state index contributed by atoms with van der Waals surface area (Å²) in [6.45, 7) is 0.147. The Morgan fingerprint density at radius 3 is 2.70 bits per heavy atom. The Labute approximate surface area is 207 Å². The highest BCUT2D eigenvalue weighted by atomic mass is 19.4. The average Bonchev–Trinajstić information content (AvgIpc) is 3.54. The summed E-state index contributed by atoms with van der Waals surface area (Å²) in [6, 6.07) is 9.58. The number of hydrogen-bond donors (Lipinski definition) is 1. The highest BCUT2D eigenvalue weighted by molar-refractivity contribution is 6.25. The molecule has 3 saturated heterocycles. The fourth-order valence-corrected chi connectivity index (χ4v) is 5.52. The van der Waals surface area contributed by atoms with Crippen molar-refractivity contribution in [2.75, 3.05) is 16.8 Å². The van der Waals surface area contributed by atoms with E-state index in [1.165, 1.54) is 40.3 Å². The molecule has 3 aliphatic rings. The minimum absolute atomic E-state index is 0.0218. The number of benzene rings is 2. The summed E-state index contributed by atoms with van der Waals surface area (Å²) in [5, 5.41) is 12.4. The zero-order chi connectivity index (χ0) is 26.1. The fourth-order valence-electron chi connectivity index (χ4n) is 5.52. The number of pyridine rings is 1. The van der Waals surface area contributed by atoms with E-state index in [-0.39, 0.29) is 12.2 Å². The third-order valence-electron chi connectivity index (χ3n) is 7.07. The van der Waals surface area contributed by atoms with Gasteiger partial charge < -0.3 is 15.1 Å². The zero-order valence-electron chi connectivity index (χ0n) is 18.9. The van der Waals surface area contributed by atoms with Gasteiger partial charge in [0, 0.05) is 23.8 Å². The van der Waals surface area contributed by atoms with Crippen molar-refractivity contribution in [3.63, 3.8) is 0 Å². The molecule has 9 nitrogen and oxygen atoms in total. The van der Waals surface area contributed by atoms with Gasteiger partial charge in [-0.2, -0.15) is 18.4 Å². The number of halogens is 3. The van der Waals surface area contributed by atoms with Crippen LogP contribution >= 0.6 is 0 Å². The Bertz CT molecular complexity index is 1530. The number of rotatable bonds is 2. The van der Waals surface area contributed by atoms with Crippen LogP contribution in [0.4, 0.5) is 34.1 Å². The molecule has 12 heteroatoms. The molecule has 3 aliphatic heterocycles. The van der Waals surface area contributed by atoms with E-state index in [2.05, 4.69) is 10.3 Å². The molecule has 3 aromatic rings. The van der Waals surface area contributed by atoms with Crippen molar-refractivity contribution in [1.82, 2.24) is 14.8 Å². The quantitative estimate of drug-likeness (QED) is 0.530. The highest BCUT2D eigenvalue weighted by Gasteiger charge is 2.63. The number of piperazine rings is 1. The number of urea groups is 2. The van der Waals surface area contributed by atoms with Crippen LogP contribution in [-0.4, -0.2) is 57.4 Å². The molecular weight excluding hydrogens is 489 g/mol. The predicted molar refractivity (Wildman–Crippen MR) is 124 cm³/mol. The maximum absolute atomic E-state index is 13.6. The number of carbonyl (C=O) groups excluding carboxylic acids is 3. The number of hydrogen-bond acceptors (Lipinski definition) is 5. The van der Waals surface area contributed by atoms with Gasteiger partial charge in [0.2, 0.25) is 0 Å². The molecule has 6 rings (SSSR count). The van der Waals surface area contributed by atoms with Crippen molar-refractivity contribution < 1.29 is 27.6 Å². The Hall–Kier alpha value is -4.66. The van der Waals surface area contributed by atoms with Gasteiger partial charge in [-0.05, 0) is 48.9 Å². The second-order valence-electron chi connectivity index (χ2n) is 9.07. The van der Waals surface area contributed by atoms with Crippen LogP contribution in [0.1, 0.15) is 17.5 Å². The number of carbonyl (C=O) groups is 3. The molecule has 0 radical (unpaired) electrons. The van der Waals surface area contributed by atoms with E-state index >= 15 is 0 Å². The Morgan fingerprint density at radius 2 is 1.95 bits per heavy atom. The summed E-state index contributed by atoms with van der Waals surface area (Å²) in [5.74, 6) is -0.510. The molecule has 0 aliphatic carbocycles. The van der Waals surface area contributed by atoms with Gasteiger partial charge in [-0.25, -0.2) is 14.5 Å². The van der Waals surface area contributed by atoms with Gasteiger partial charge in [0.05, 0.1) is 34.4 Å². The van der Waals surface area contributed by atoms with Gasteiger partial charge in [-0.15, -0.1) is 0 Å². The molecule has 2 bridgehead atoms. The summed E-state index contributed by atoms with van der Waals surface area (Å²) < 4.78 is 39.1. The lowest BCUT2D eigenvalue weighted by Crippen LogP contribution is -2.55. The first-order chi connectivity index (χ1) is 17.7. The number of nitrogens with zero attached hydrogens (tertiary/aromatic N) is 5. The maximum atomic E-state index is 13.6. The van der Waals surface area contributed by atoms with Crippen LogP contribution in [0.2, 0.25) is 0 Å². The zero-order valence-corrected chi connectivity index (χ0v) is 18.9. The molecule has 4 heterocycles. The lowest BCUT2D eigenvalue weighted by Gasteiger charge is -2.34. The largest absolute Gasteiger partial charge is 0.416 e. The van der Waals surface area contributed by atoms with Crippen LogP contribution in [0.5, 0.6) is 0 Å². The molecule has 1 unspecified atom stereocenters. The summed E-state index contributed by atoms with van der Waals surface area (Å²) in [4.78, 5) is 48.1. The number of fused-ring (bicyclic) bond motifs is 6. The fraction of sp³-hybridized carbons (Fsp3) is 0.240. The second-order valence-corrected chi connectivity index (χ2v) is 9.07. The van der Waals surface area contributed by atoms with Crippen molar-refractivity contribution in [1.29, 1.82) is 5.26 Å². The van der Waals surface area contributed by atoms with Crippen molar-refractivity contribution in [2.45, 2.75) is 30.7 Å². The van der Waals surface area contributed by atoms with Crippen LogP contribution < -0.4 is 10.2 Å². The predicted octanol–water partition coefficient (Wildman–Crippen LogP) is 3.95. The van der Waals surface area contributed by atoms with Gasteiger partial charge >= 0.3 is 18.2 Å². The number of amides is 5. The van der Waals surface area contributed by atoms with Crippen molar-refractivity contribution in [2.24, 2.45) is 0 Å². The van der Waals surface area contributed by atoms with Crippen LogP contribution in [0.25, 0.3) is 10.9 Å². The van der Waals surface area contributed by atoms with Gasteiger partial charge in [-0.1, -0.05) is 6.07 Å². The first kappa shape index (κ1) is 22.8. The molecule has 1 N–H and O–H groups in total. The van der Waals surface area contributed by atoms with Crippen molar-refractivity contribution in [3.05, 3.63) is 65.9 Å². The average molecular weight is 506 g/mol. The first-order valence-electron chi connectivity index (χ1n) is 11.4. The molecule has 1 aromatic heterocycles. The minimum atomic E-state index is -4.56. The molecule has 5 amide bonds. The minimum Gasteiger partial charge on any atom is -0.317 e. The lowest BCUT2D eigenvalue weighted by atomic mass is 10.1. The van der Waals surface area contributed by atoms with E-state index in [1.807, 2.05) is 6.07 Å². The number of anilines is 2. The Balaban J connectivity index is 1.28. The standard InChI is InChI=1S/C25H17F3N6O3/c26-25(27,28)14-3-1-4-15(9-14)31-23(36)32-12-16-10-19(32)21-22(35)34(24(37)33(16)21)18-7-6-13(11-29)20-17(18)5-2-8-30-20/h1-9,16,19,21H,10,12H2,(H,31,36)/t16-,19?,21+/m1/s1. The summed E-state index contributed by atoms with van der Waals surface area (Å²) >= 11 is 0. The van der Waals surface area contributed by atoms with E-state index < -0.39 is 47.8 Å². The molecule has 3 fully saturated rings. The second kappa shape index (κ2) is 7.92. The van der Waals surface area contributed by atoms with Gasteiger partial charge in [0.1, 0.15) is 12.1 Å². The normalized spacial score (nSPS) is 22.5. The summed E-state index contributed by atoms with van der Waals surface area (Å²) in [5.41, 5.74) is 0.0461. The molecule has 2 aromatic carbocycles. The summed E-state index contributed by atoms with van der Waals surface area (Å²) in [7, 11) is 0. The van der Waals surface area contributed by atoms with Crippen LogP contribution in [0, 0.1) is 11.3 Å². The number of likely N-dealkylation sites (tertiary alicyclic amines) is 1. The van der Waals surface area contributed by atoms with E-state index in [0.29, 0.717) is 28.6 Å². The third-order valence-corrected chi connectivity index (χ3v) is 7.07. The SMILES string of the molecule is N#Cc1ccc(N2C(=O)[C@@H]3C4C[C@H](CN4C(=O)Nc4cccc(C(F)(F)F)c4)N3C2=O)c2cccnc12. The van der Waals surface area contributed by atoms with Gasteiger partial charge in [0.25, 0.3) is 5.91 Å². The maximum Gasteiger partial charge on any atom is 0.416 e. The number of aromatic nitrogens is 1. The van der Waals surface area contributed by atoms with Gasteiger partial charge in [0.15, 0.2) is 0 Å². The number of imide groups is 1. The molecular formula is C25H17F3N6O3. The highest BCUT2D eigenvalue weighted by Crippen LogP contribution is 2.44. The monoisotopic (exact) mass is 506 g/mol. The molecule has 37 heavy (non-hydrogen) atoms. The molecule has 3 atom stereocenters. The van der Waals surface area contributed by atoms with E-state index in [4.69, 9.17) is 0 Å². The van der Waals surface area contributed by atoms with E-state index in [0.717, 1.165) is 17.0 Å². The molecule has 0 spiro atoms. The van der Waals surface area contributed by atoms with Gasteiger partial charge in [-0.3, -0.25) is 9.78 Å².